The van der Waals surface area contributed by atoms with E-state index < -0.39 is 5.97 Å². The molecule has 0 unspecified atom stereocenters. The highest BCUT2D eigenvalue weighted by Gasteiger charge is 2.19. The highest BCUT2D eigenvalue weighted by molar-refractivity contribution is 5.95. The van der Waals surface area contributed by atoms with Crippen LogP contribution in [0.5, 0.6) is 5.75 Å². The van der Waals surface area contributed by atoms with Crippen LogP contribution in [0.3, 0.4) is 0 Å². The maximum atomic E-state index is 12.2. The second-order valence-corrected chi connectivity index (χ2v) is 5.24. The van der Waals surface area contributed by atoms with Gasteiger partial charge in [0.05, 0.1) is 5.57 Å². The first-order valence-electron chi connectivity index (χ1n) is 7.62. The fourth-order valence-electron chi connectivity index (χ4n) is 2.26. The van der Waals surface area contributed by atoms with Gasteiger partial charge in [0, 0.05) is 12.1 Å². The summed E-state index contributed by atoms with van der Waals surface area (Å²) in [5, 5.41) is 11.4. The van der Waals surface area contributed by atoms with Crippen LogP contribution in [0.25, 0.3) is 6.08 Å². The minimum Gasteiger partial charge on any atom is -0.488 e. The van der Waals surface area contributed by atoms with Crippen molar-refractivity contribution in [3.8, 4) is 5.75 Å². The van der Waals surface area contributed by atoms with E-state index in [-0.39, 0.29) is 13.2 Å². The van der Waals surface area contributed by atoms with Crippen molar-refractivity contribution in [2.45, 2.75) is 32.9 Å². The third-order valence-electron chi connectivity index (χ3n) is 3.56. The number of carbonyl (C=O) groups excluding carboxylic acids is 1. The van der Waals surface area contributed by atoms with Crippen LogP contribution in [0, 0.1) is 0 Å². The molecule has 0 amide bonds. The van der Waals surface area contributed by atoms with Crippen molar-refractivity contribution in [2.75, 3.05) is 6.61 Å². The standard InChI is InChI=1S/C16H18N4O3/c1-2-3-8-20-15(17-18-19-20)11-23-16(21)13-9-12-6-4-5-7-14(12)22-10-13/h4-7,9H,2-3,8,10-11H2,1H3. The summed E-state index contributed by atoms with van der Waals surface area (Å²) in [5.74, 6) is 0.904. The summed E-state index contributed by atoms with van der Waals surface area (Å²) < 4.78 is 12.5. The fourth-order valence-corrected chi connectivity index (χ4v) is 2.26. The van der Waals surface area contributed by atoms with Crippen LogP contribution >= 0.6 is 0 Å². The number of nitrogens with zero attached hydrogens (tertiary/aromatic N) is 4. The molecular formula is C16H18N4O3. The summed E-state index contributed by atoms with van der Waals surface area (Å²) in [4.78, 5) is 12.2. The van der Waals surface area contributed by atoms with Gasteiger partial charge in [0.1, 0.15) is 12.4 Å². The third kappa shape index (κ3) is 3.56. The first-order chi connectivity index (χ1) is 11.3. The second kappa shape index (κ2) is 7.04. The topological polar surface area (TPSA) is 79.1 Å². The average molecular weight is 314 g/mol. The Morgan fingerprint density at radius 2 is 2.26 bits per heavy atom. The van der Waals surface area contributed by atoms with Gasteiger partial charge in [0.25, 0.3) is 0 Å². The molecule has 3 rings (SSSR count). The van der Waals surface area contributed by atoms with Gasteiger partial charge >= 0.3 is 5.97 Å². The Balaban J connectivity index is 1.62. The Labute approximate surface area is 133 Å². The average Bonchev–Trinajstić information content (AvgIpc) is 3.04. The van der Waals surface area contributed by atoms with E-state index in [4.69, 9.17) is 9.47 Å². The van der Waals surface area contributed by atoms with E-state index in [9.17, 15) is 4.79 Å². The molecular weight excluding hydrogens is 296 g/mol. The van der Waals surface area contributed by atoms with E-state index in [1.165, 1.54) is 0 Å². The molecule has 0 N–H and O–H groups in total. The van der Waals surface area contributed by atoms with Crippen molar-refractivity contribution in [3.05, 3.63) is 41.2 Å². The summed E-state index contributed by atoms with van der Waals surface area (Å²) in [6.45, 7) is 3.07. The minimum absolute atomic E-state index is 0.0501. The van der Waals surface area contributed by atoms with Gasteiger partial charge in [0.2, 0.25) is 0 Å². The SMILES string of the molecule is CCCCn1nnnc1COC(=O)C1=Cc2ccccc2OC1. The van der Waals surface area contributed by atoms with Gasteiger partial charge < -0.3 is 9.47 Å². The Morgan fingerprint density at radius 3 is 3.13 bits per heavy atom. The molecule has 120 valence electrons. The summed E-state index contributed by atoms with van der Waals surface area (Å²) in [6.07, 6.45) is 3.81. The van der Waals surface area contributed by atoms with Crippen molar-refractivity contribution in [2.24, 2.45) is 0 Å². The number of rotatable bonds is 6. The van der Waals surface area contributed by atoms with E-state index in [2.05, 4.69) is 22.4 Å². The number of hydrogen-bond donors (Lipinski definition) is 0. The van der Waals surface area contributed by atoms with Crippen molar-refractivity contribution in [1.82, 2.24) is 20.2 Å². The molecule has 0 aliphatic carbocycles. The Bertz CT molecular complexity index is 724. The molecule has 7 heteroatoms. The number of fused-ring (bicyclic) bond motifs is 1. The lowest BCUT2D eigenvalue weighted by atomic mass is 10.1. The molecule has 1 aromatic heterocycles. The van der Waals surface area contributed by atoms with Crippen molar-refractivity contribution in [1.29, 1.82) is 0 Å². The van der Waals surface area contributed by atoms with Crippen LogP contribution in [-0.4, -0.2) is 32.8 Å². The van der Waals surface area contributed by atoms with Crippen LogP contribution in [-0.2, 0) is 22.7 Å². The molecule has 0 fully saturated rings. The van der Waals surface area contributed by atoms with E-state index in [1.54, 1.807) is 10.8 Å². The Morgan fingerprint density at radius 1 is 1.39 bits per heavy atom. The minimum atomic E-state index is -0.412. The molecule has 7 nitrogen and oxygen atoms in total. The highest BCUT2D eigenvalue weighted by Crippen LogP contribution is 2.26. The number of para-hydroxylation sites is 1. The summed E-state index contributed by atoms with van der Waals surface area (Å²) >= 11 is 0. The summed E-state index contributed by atoms with van der Waals surface area (Å²) in [6, 6.07) is 7.56. The van der Waals surface area contributed by atoms with Gasteiger partial charge in [-0.2, -0.15) is 0 Å². The number of benzene rings is 1. The molecule has 0 saturated carbocycles. The van der Waals surface area contributed by atoms with Crippen molar-refractivity contribution in [3.63, 3.8) is 0 Å². The smallest absolute Gasteiger partial charge is 0.337 e. The normalized spacial score (nSPS) is 13.0. The number of tetrazole rings is 1. The Hall–Kier alpha value is -2.70. The first-order valence-corrected chi connectivity index (χ1v) is 7.62. The van der Waals surface area contributed by atoms with E-state index in [1.807, 2.05) is 24.3 Å². The van der Waals surface area contributed by atoms with Crippen LogP contribution < -0.4 is 4.74 Å². The van der Waals surface area contributed by atoms with Crippen molar-refractivity contribution < 1.29 is 14.3 Å². The van der Waals surface area contributed by atoms with Crippen LogP contribution in [0.1, 0.15) is 31.2 Å². The van der Waals surface area contributed by atoms with Gasteiger partial charge in [-0.15, -0.1) is 5.10 Å². The molecule has 0 radical (unpaired) electrons. The fraction of sp³-hybridized carbons (Fsp3) is 0.375. The number of esters is 1. The predicted octanol–water partition coefficient (Wildman–Crippen LogP) is 1.99. The molecule has 0 bridgehead atoms. The number of carbonyl (C=O) groups is 1. The van der Waals surface area contributed by atoms with Gasteiger partial charge in [0.15, 0.2) is 12.4 Å². The molecule has 0 atom stereocenters. The van der Waals surface area contributed by atoms with Gasteiger partial charge in [-0.25, -0.2) is 9.48 Å². The quantitative estimate of drug-likeness (QED) is 0.759. The molecule has 1 aliphatic heterocycles. The Kier molecular flexibility index (Phi) is 4.65. The lowest BCUT2D eigenvalue weighted by Gasteiger charge is -2.16. The monoisotopic (exact) mass is 314 g/mol. The third-order valence-corrected chi connectivity index (χ3v) is 3.56. The highest BCUT2D eigenvalue weighted by atomic mass is 16.5. The van der Waals surface area contributed by atoms with E-state index in [0.717, 1.165) is 30.7 Å². The molecule has 0 spiro atoms. The zero-order valence-electron chi connectivity index (χ0n) is 12.9. The van der Waals surface area contributed by atoms with Gasteiger partial charge in [-0.05, 0) is 29.0 Å². The van der Waals surface area contributed by atoms with E-state index >= 15 is 0 Å². The predicted molar refractivity (Wildman–Crippen MR) is 82.4 cm³/mol. The van der Waals surface area contributed by atoms with Crippen LogP contribution in [0.4, 0.5) is 0 Å². The lowest BCUT2D eigenvalue weighted by Crippen LogP contribution is -2.18. The van der Waals surface area contributed by atoms with Gasteiger partial charge in [-0.1, -0.05) is 31.5 Å². The number of aryl methyl sites for hydroxylation is 1. The summed E-state index contributed by atoms with van der Waals surface area (Å²) in [7, 11) is 0. The zero-order valence-corrected chi connectivity index (χ0v) is 12.9. The van der Waals surface area contributed by atoms with Crippen LogP contribution in [0.15, 0.2) is 29.8 Å². The molecule has 23 heavy (non-hydrogen) atoms. The first kappa shape index (κ1) is 15.2. The van der Waals surface area contributed by atoms with Crippen LogP contribution in [0.2, 0.25) is 0 Å². The van der Waals surface area contributed by atoms with Crippen molar-refractivity contribution >= 4 is 12.0 Å². The van der Waals surface area contributed by atoms with Gasteiger partial charge in [-0.3, -0.25) is 0 Å². The maximum absolute atomic E-state index is 12.2. The zero-order chi connectivity index (χ0) is 16.1. The lowest BCUT2D eigenvalue weighted by molar-refractivity contribution is -0.140. The molecule has 0 saturated heterocycles. The molecule has 1 aromatic carbocycles. The molecule has 1 aliphatic rings. The number of ether oxygens (including phenoxy) is 2. The number of hydrogen-bond acceptors (Lipinski definition) is 6. The maximum Gasteiger partial charge on any atom is 0.337 e. The molecule has 2 heterocycles. The van der Waals surface area contributed by atoms with E-state index in [0.29, 0.717) is 11.4 Å². The summed E-state index contributed by atoms with van der Waals surface area (Å²) in [5.41, 5.74) is 1.36. The second-order valence-electron chi connectivity index (χ2n) is 5.24. The number of aromatic nitrogens is 4. The number of unbranched alkanes of at least 4 members (excludes halogenated alkanes) is 1. The largest absolute Gasteiger partial charge is 0.488 e. The molecule has 2 aromatic rings.